The van der Waals surface area contributed by atoms with Crippen LogP contribution in [0.3, 0.4) is 0 Å². The minimum absolute atomic E-state index is 0.270. The lowest BCUT2D eigenvalue weighted by atomic mass is 9.94. The smallest absolute Gasteiger partial charge is 0.422 e. The first-order valence-corrected chi connectivity index (χ1v) is 13.5. The Bertz CT molecular complexity index is 1300. The summed E-state index contributed by atoms with van der Waals surface area (Å²) in [5.41, 5.74) is -0.175. The third-order valence-electron chi connectivity index (χ3n) is 6.42. The van der Waals surface area contributed by atoms with Gasteiger partial charge in [0.25, 0.3) is 0 Å². The van der Waals surface area contributed by atoms with E-state index in [2.05, 4.69) is 20.7 Å². The molecule has 36 heavy (non-hydrogen) atoms. The summed E-state index contributed by atoms with van der Waals surface area (Å²) >= 11 is 9.41. The van der Waals surface area contributed by atoms with Crippen molar-refractivity contribution >= 4 is 49.2 Å². The molecule has 1 aliphatic carbocycles. The first-order valence-electron chi connectivity index (χ1n) is 10.8. The molecule has 4 rings (SSSR count). The van der Waals surface area contributed by atoms with E-state index in [4.69, 9.17) is 11.6 Å². The van der Waals surface area contributed by atoms with Gasteiger partial charge in [0.1, 0.15) is 11.8 Å². The molecule has 1 aliphatic heterocycles. The summed E-state index contributed by atoms with van der Waals surface area (Å²) in [5.74, 6) is -2.04. The van der Waals surface area contributed by atoms with Crippen LogP contribution in [0, 0.1) is 0 Å². The second-order valence-corrected chi connectivity index (χ2v) is 12.3. The molecule has 0 bridgehead atoms. The maximum atomic E-state index is 13.5. The third-order valence-corrected chi connectivity index (χ3v) is 9.56. The lowest BCUT2D eigenvalue weighted by molar-refractivity contribution is -0.153. The summed E-state index contributed by atoms with van der Waals surface area (Å²) in [5, 5.41) is 8.14. The summed E-state index contributed by atoms with van der Waals surface area (Å²) in [4.78, 5) is 26.2. The number of alkyl halides is 3. The van der Waals surface area contributed by atoms with E-state index in [1.165, 1.54) is 0 Å². The van der Waals surface area contributed by atoms with Crippen molar-refractivity contribution in [2.45, 2.75) is 47.0 Å². The van der Waals surface area contributed by atoms with Crippen LogP contribution in [0.15, 0.2) is 51.8 Å². The van der Waals surface area contributed by atoms with Crippen LogP contribution in [0.2, 0.25) is 5.02 Å². The standard InChI is InChI=1S/C23H20BrClF3NO6S/c24-14-3-1-13(2-4-14)22(7-8-22)21(32)29-11-16(10-18(29)20(30)31)36(33,34)19-6-5-15(9-17(19)25)35-12-23(26,27)28/h1-6,9,16,18H,7-8,10-12H2,(H,30,31)/t16-,18+/m1/s1. The van der Waals surface area contributed by atoms with Crippen LogP contribution in [0.1, 0.15) is 24.8 Å². The molecule has 194 valence electrons. The van der Waals surface area contributed by atoms with Crippen molar-refractivity contribution in [2.75, 3.05) is 13.2 Å². The molecule has 1 heterocycles. The van der Waals surface area contributed by atoms with Gasteiger partial charge in [-0.05, 0) is 49.1 Å². The van der Waals surface area contributed by atoms with Crippen molar-refractivity contribution in [3.05, 3.63) is 57.5 Å². The molecule has 2 aromatic carbocycles. The largest absolute Gasteiger partial charge is 0.484 e. The Morgan fingerprint density at radius 3 is 2.33 bits per heavy atom. The van der Waals surface area contributed by atoms with E-state index in [0.717, 1.165) is 33.1 Å². The predicted molar refractivity (Wildman–Crippen MR) is 127 cm³/mol. The van der Waals surface area contributed by atoms with E-state index in [-0.39, 0.29) is 28.6 Å². The van der Waals surface area contributed by atoms with Gasteiger partial charge >= 0.3 is 12.1 Å². The lowest BCUT2D eigenvalue weighted by Crippen LogP contribution is -2.46. The topological polar surface area (TPSA) is 101 Å². The van der Waals surface area contributed by atoms with Crippen molar-refractivity contribution in [3.63, 3.8) is 0 Å². The second-order valence-electron chi connectivity index (χ2n) is 8.80. The van der Waals surface area contributed by atoms with E-state index in [9.17, 15) is 36.3 Å². The number of rotatable bonds is 7. The monoisotopic (exact) mass is 609 g/mol. The van der Waals surface area contributed by atoms with Gasteiger partial charge in [0, 0.05) is 17.1 Å². The lowest BCUT2D eigenvalue weighted by Gasteiger charge is -2.27. The van der Waals surface area contributed by atoms with Crippen LogP contribution in [0.5, 0.6) is 5.75 Å². The highest BCUT2D eigenvalue weighted by atomic mass is 79.9. The third kappa shape index (κ3) is 5.21. The molecule has 2 aromatic rings. The van der Waals surface area contributed by atoms with Crippen molar-refractivity contribution in [1.29, 1.82) is 0 Å². The number of hydrogen-bond donors (Lipinski definition) is 1. The summed E-state index contributed by atoms with van der Waals surface area (Å²) in [6.07, 6.45) is -3.90. The molecule has 13 heteroatoms. The summed E-state index contributed by atoms with van der Waals surface area (Å²) < 4.78 is 69.3. The zero-order valence-corrected chi connectivity index (χ0v) is 21.6. The minimum Gasteiger partial charge on any atom is -0.484 e. The van der Waals surface area contributed by atoms with Gasteiger partial charge in [0.2, 0.25) is 5.91 Å². The highest BCUT2D eigenvalue weighted by Gasteiger charge is 2.57. The molecule has 1 saturated heterocycles. The molecule has 1 amide bonds. The number of benzene rings is 2. The molecule has 0 aromatic heterocycles. The number of carbonyl (C=O) groups excluding carboxylic acids is 1. The number of aliphatic carboxylic acids is 1. The van der Waals surface area contributed by atoms with Gasteiger partial charge in [-0.2, -0.15) is 13.2 Å². The average molecular weight is 611 g/mol. The Morgan fingerprint density at radius 2 is 1.81 bits per heavy atom. The molecule has 2 atom stereocenters. The van der Waals surface area contributed by atoms with E-state index < -0.39 is 51.2 Å². The van der Waals surface area contributed by atoms with Gasteiger partial charge in [0.05, 0.1) is 20.6 Å². The van der Waals surface area contributed by atoms with Crippen LogP contribution >= 0.6 is 27.5 Å². The zero-order chi connectivity index (χ0) is 26.5. The van der Waals surface area contributed by atoms with Crippen LogP contribution < -0.4 is 4.74 Å². The number of carboxylic acid groups (broad SMARTS) is 1. The van der Waals surface area contributed by atoms with Crippen LogP contribution in [0.25, 0.3) is 0 Å². The van der Waals surface area contributed by atoms with Crippen molar-refractivity contribution in [2.24, 2.45) is 0 Å². The number of sulfone groups is 1. The Labute approximate surface area is 218 Å². The molecule has 0 spiro atoms. The van der Waals surface area contributed by atoms with Gasteiger partial charge in [-0.1, -0.05) is 39.7 Å². The predicted octanol–water partition coefficient (Wildman–Crippen LogP) is 4.60. The summed E-state index contributed by atoms with van der Waals surface area (Å²) in [6, 6.07) is 8.78. The molecule has 1 N–H and O–H groups in total. The SMILES string of the molecule is O=C(O)[C@@H]1C[C@@H](S(=O)(=O)c2ccc(OCC(F)(F)F)cc2Cl)CN1C(=O)C1(c2ccc(Br)cc2)CC1. The second kappa shape index (κ2) is 9.53. The van der Waals surface area contributed by atoms with Crippen molar-refractivity contribution < 1.29 is 41.0 Å². The average Bonchev–Trinajstić information content (AvgIpc) is 3.47. The Kier molecular flexibility index (Phi) is 7.08. The maximum absolute atomic E-state index is 13.5. The van der Waals surface area contributed by atoms with Crippen LogP contribution in [-0.2, 0) is 24.8 Å². The number of likely N-dealkylation sites (tertiary alicyclic amines) is 1. The molecule has 0 radical (unpaired) electrons. The van der Waals surface area contributed by atoms with Crippen molar-refractivity contribution in [3.8, 4) is 5.75 Å². The van der Waals surface area contributed by atoms with Crippen molar-refractivity contribution in [1.82, 2.24) is 4.90 Å². The van der Waals surface area contributed by atoms with E-state index in [0.29, 0.717) is 12.8 Å². The van der Waals surface area contributed by atoms with Gasteiger partial charge in [-0.3, -0.25) is 4.79 Å². The van der Waals surface area contributed by atoms with E-state index >= 15 is 0 Å². The Morgan fingerprint density at radius 1 is 1.17 bits per heavy atom. The van der Waals surface area contributed by atoms with Crippen LogP contribution in [0.4, 0.5) is 13.2 Å². The number of carboxylic acids is 1. The fraction of sp³-hybridized carbons (Fsp3) is 0.391. The van der Waals surface area contributed by atoms with Gasteiger partial charge in [-0.25, -0.2) is 13.2 Å². The first-order chi connectivity index (χ1) is 16.7. The number of amides is 1. The summed E-state index contributed by atoms with van der Waals surface area (Å²) in [7, 11) is -4.23. The fourth-order valence-corrected chi connectivity index (χ4v) is 6.92. The van der Waals surface area contributed by atoms with Gasteiger partial charge in [0.15, 0.2) is 16.4 Å². The minimum atomic E-state index is -4.59. The molecule has 0 unspecified atom stereocenters. The number of ether oxygens (including phenoxy) is 1. The zero-order valence-electron chi connectivity index (χ0n) is 18.5. The molecular weight excluding hydrogens is 591 g/mol. The summed E-state index contributed by atoms with van der Waals surface area (Å²) in [6.45, 7) is -1.92. The van der Waals surface area contributed by atoms with Gasteiger partial charge in [-0.15, -0.1) is 0 Å². The maximum Gasteiger partial charge on any atom is 0.422 e. The van der Waals surface area contributed by atoms with E-state index in [1.54, 1.807) is 24.3 Å². The molecular formula is C23H20BrClF3NO6S. The number of nitrogens with zero attached hydrogens (tertiary/aromatic N) is 1. The first kappa shape index (κ1) is 26.7. The fourth-order valence-electron chi connectivity index (χ4n) is 4.42. The Balaban J connectivity index is 1.58. The molecule has 7 nitrogen and oxygen atoms in total. The van der Waals surface area contributed by atoms with Gasteiger partial charge < -0.3 is 14.7 Å². The highest BCUT2D eigenvalue weighted by Crippen LogP contribution is 2.51. The van der Waals surface area contributed by atoms with E-state index in [1.807, 2.05) is 0 Å². The van der Waals surface area contributed by atoms with Crippen LogP contribution in [-0.4, -0.2) is 60.9 Å². The number of halogens is 5. The molecule has 2 aliphatic rings. The molecule has 2 fully saturated rings. The number of carbonyl (C=O) groups is 2. The highest BCUT2D eigenvalue weighted by molar-refractivity contribution is 9.10. The molecule has 1 saturated carbocycles. The Hall–Kier alpha value is -2.31. The number of hydrogen-bond acceptors (Lipinski definition) is 5. The quantitative estimate of drug-likeness (QED) is 0.492. The normalized spacial score (nSPS) is 21.3.